The van der Waals surface area contributed by atoms with Gasteiger partial charge >= 0.3 is 0 Å². The maximum atomic E-state index is 12.5. The Balaban J connectivity index is 1.74. The van der Waals surface area contributed by atoms with Gasteiger partial charge in [-0.2, -0.15) is 5.10 Å². The molecule has 1 aliphatic rings. The molecule has 1 fully saturated rings. The third-order valence-corrected chi connectivity index (χ3v) is 5.32. The third-order valence-electron chi connectivity index (χ3n) is 4.11. The minimum absolute atomic E-state index is 0.0685. The van der Waals surface area contributed by atoms with Crippen molar-refractivity contribution in [2.45, 2.75) is 5.37 Å². The molecule has 1 aliphatic heterocycles. The van der Waals surface area contributed by atoms with Crippen molar-refractivity contribution < 1.29 is 4.79 Å². The largest absolute Gasteiger partial charge is 0.378 e. The number of aromatic nitrogens is 3. The van der Waals surface area contributed by atoms with Crippen LogP contribution in [0.15, 0.2) is 42.6 Å². The van der Waals surface area contributed by atoms with E-state index in [0.717, 1.165) is 16.6 Å². The van der Waals surface area contributed by atoms with Gasteiger partial charge in [-0.3, -0.25) is 14.8 Å². The molecule has 0 saturated carbocycles. The molecule has 24 heavy (non-hydrogen) atoms. The third kappa shape index (κ3) is 2.41. The lowest BCUT2D eigenvalue weighted by Crippen LogP contribution is -2.28. The van der Waals surface area contributed by atoms with Gasteiger partial charge in [0.1, 0.15) is 5.37 Å². The Morgan fingerprint density at radius 3 is 2.79 bits per heavy atom. The first-order valence-electron chi connectivity index (χ1n) is 7.65. The molecule has 0 unspecified atom stereocenters. The van der Waals surface area contributed by atoms with Crippen LogP contribution in [0.1, 0.15) is 10.9 Å². The number of anilines is 2. The van der Waals surface area contributed by atoms with Crippen LogP contribution in [0.5, 0.6) is 0 Å². The molecule has 3 heterocycles. The Labute approximate surface area is 143 Å². The van der Waals surface area contributed by atoms with Crippen LogP contribution in [0, 0.1) is 0 Å². The predicted octanol–water partition coefficient (Wildman–Crippen LogP) is 2.80. The molecule has 1 aromatic carbocycles. The molecule has 0 radical (unpaired) electrons. The highest BCUT2D eigenvalue weighted by Gasteiger charge is 2.36. The van der Waals surface area contributed by atoms with E-state index >= 15 is 0 Å². The molecule has 1 N–H and O–H groups in total. The van der Waals surface area contributed by atoms with E-state index in [1.807, 2.05) is 26.2 Å². The zero-order chi connectivity index (χ0) is 16.7. The summed E-state index contributed by atoms with van der Waals surface area (Å²) in [7, 11) is 4.02. The number of hydrogen-bond donors (Lipinski definition) is 1. The summed E-state index contributed by atoms with van der Waals surface area (Å²) in [5.74, 6) is 1.17. The number of amides is 1. The lowest BCUT2D eigenvalue weighted by atomic mass is 10.1. The molecule has 1 saturated heterocycles. The lowest BCUT2D eigenvalue weighted by molar-refractivity contribution is -0.115. The van der Waals surface area contributed by atoms with Crippen molar-refractivity contribution in [3.8, 4) is 0 Å². The summed E-state index contributed by atoms with van der Waals surface area (Å²) >= 11 is 1.62. The highest BCUT2D eigenvalue weighted by molar-refractivity contribution is 8.00. The summed E-state index contributed by atoms with van der Waals surface area (Å²) in [6, 6.07) is 12.1. The number of pyridine rings is 1. The van der Waals surface area contributed by atoms with Gasteiger partial charge in [0, 0.05) is 26.0 Å². The Kier molecular flexibility index (Phi) is 3.65. The van der Waals surface area contributed by atoms with Crippen LogP contribution in [0.3, 0.4) is 0 Å². The summed E-state index contributed by atoms with van der Waals surface area (Å²) in [6.07, 6.45) is 1.71. The van der Waals surface area contributed by atoms with Crippen molar-refractivity contribution >= 4 is 40.2 Å². The maximum absolute atomic E-state index is 12.5. The van der Waals surface area contributed by atoms with E-state index in [1.54, 1.807) is 22.9 Å². The standard InChI is InChI=1S/C17H17N5OS/c1-21(2)12-7-5-11(6-8-12)17-22(14(23)10-24-17)16-13-4-3-9-18-15(13)19-20-16/h3-9,17H,10H2,1-2H3,(H,18,19,20)/t17-/m1/s1. The second kappa shape index (κ2) is 5.83. The molecule has 7 heteroatoms. The van der Waals surface area contributed by atoms with E-state index in [0.29, 0.717) is 17.2 Å². The van der Waals surface area contributed by atoms with Crippen molar-refractivity contribution in [2.75, 3.05) is 29.6 Å². The number of nitrogens with one attached hydrogen (secondary N) is 1. The highest BCUT2D eigenvalue weighted by atomic mass is 32.2. The maximum Gasteiger partial charge on any atom is 0.239 e. The topological polar surface area (TPSA) is 65.1 Å². The molecule has 6 nitrogen and oxygen atoms in total. The van der Waals surface area contributed by atoms with Crippen molar-refractivity contribution in [3.63, 3.8) is 0 Å². The van der Waals surface area contributed by atoms with Gasteiger partial charge in [-0.1, -0.05) is 12.1 Å². The van der Waals surface area contributed by atoms with Gasteiger partial charge in [0.15, 0.2) is 11.5 Å². The minimum Gasteiger partial charge on any atom is -0.378 e. The Hall–Kier alpha value is -2.54. The number of thioether (sulfide) groups is 1. The molecule has 3 aromatic rings. The van der Waals surface area contributed by atoms with Crippen LogP contribution < -0.4 is 9.80 Å². The lowest BCUT2D eigenvalue weighted by Gasteiger charge is -2.23. The van der Waals surface area contributed by atoms with E-state index < -0.39 is 0 Å². The summed E-state index contributed by atoms with van der Waals surface area (Å²) in [4.78, 5) is 20.6. The Bertz CT molecular complexity index is 889. The summed E-state index contributed by atoms with van der Waals surface area (Å²) in [5.41, 5.74) is 2.92. The van der Waals surface area contributed by atoms with Crippen LogP contribution in [-0.4, -0.2) is 40.9 Å². The zero-order valence-electron chi connectivity index (χ0n) is 13.4. The fourth-order valence-electron chi connectivity index (χ4n) is 2.86. The molecule has 2 aromatic heterocycles. The molecular formula is C17H17N5OS. The van der Waals surface area contributed by atoms with Gasteiger partial charge in [-0.25, -0.2) is 4.98 Å². The van der Waals surface area contributed by atoms with Gasteiger partial charge in [-0.05, 0) is 29.8 Å². The van der Waals surface area contributed by atoms with Crippen LogP contribution in [-0.2, 0) is 4.79 Å². The molecular weight excluding hydrogens is 322 g/mol. The van der Waals surface area contributed by atoms with E-state index in [-0.39, 0.29) is 11.3 Å². The number of benzene rings is 1. The predicted molar refractivity (Wildman–Crippen MR) is 97.3 cm³/mol. The van der Waals surface area contributed by atoms with Crippen molar-refractivity contribution in [1.29, 1.82) is 0 Å². The number of carbonyl (C=O) groups is 1. The molecule has 1 atom stereocenters. The molecule has 1 amide bonds. The fraction of sp³-hybridized carbons (Fsp3) is 0.235. The SMILES string of the molecule is CN(C)c1ccc([C@H]2SCC(=O)N2c2n[nH]c3ncccc23)cc1. The van der Waals surface area contributed by atoms with Gasteiger partial charge < -0.3 is 4.90 Å². The molecule has 4 rings (SSSR count). The number of nitrogens with zero attached hydrogens (tertiary/aromatic N) is 4. The van der Waals surface area contributed by atoms with Gasteiger partial charge in [0.25, 0.3) is 0 Å². The van der Waals surface area contributed by atoms with Crippen LogP contribution >= 0.6 is 11.8 Å². The van der Waals surface area contributed by atoms with Gasteiger partial charge in [-0.15, -0.1) is 11.8 Å². The first kappa shape index (κ1) is 15.0. The van der Waals surface area contributed by atoms with Gasteiger partial charge in [0.2, 0.25) is 5.91 Å². The summed E-state index contributed by atoms with van der Waals surface area (Å²) < 4.78 is 0. The van der Waals surface area contributed by atoms with Crippen LogP contribution in [0.25, 0.3) is 11.0 Å². The van der Waals surface area contributed by atoms with Crippen molar-refractivity contribution in [2.24, 2.45) is 0 Å². The molecule has 122 valence electrons. The number of aromatic amines is 1. The van der Waals surface area contributed by atoms with Crippen molar-refractivity contribution in [3.05, 3.63) is 48.2 Å². The van der Waals surface area contributed by atoms with E-state index in [9.17, 15) is 4.79 Å². The number of fused-ring (bicyclic) bond motifs is 1. The molecule has 0 spiro atoms. The second-order valence-electron chi connectivity index (χ2n) is 5.86. The summed E-state index contributed by atoms with van der Waals surface area (Å²) in [5, 5.41) is 8.05. The first-order valence-corrected chi connectivity index (χ1v) is 8.70. The zero-order valence-corrected chi connectivity index (χ0v) is 14.2. The van der Waals surface area contributed by atoms with Crippen molar-refractivity contribution in [1.82, 2.24) is 15.2 Å². The van der Waals surface area contributed by atoms with Gasteiger partial charge in [0.05, 0.1) is 11.1 Å². The van der Waals surface area contributed by atoms with Crippen LogP contribution in [0.4, 0.5) is 11.5 Å². The normalized spacial score (nSPS) is 17.7. The van der Waals surface area contributed by atoms with Crippen LogP contribution in [0.2, 0.25) is 0 Å². The Morgan fingerprint density at radius 1 is 1.25 bits per heavy atom. The summed E-state index contributed by atoms with van der Waals surface area (Å²) in [6.45, 7) is 0. The Morgan fingerprint density at radius 2 is 2.04 bits per heavy atom. The van der Waals surface area contributed by atoms with E-state index in [4.69, 9.17) is 0 Å². The number of rotatable bonds is 3. The van der Waals surface area contributed by atoms with E-state index in [1.165, 1.54) is 0 Å². The second-order valence-corrected chi connectivity index (χ2v) is 6.93. The average molecular weight is 339 g/mol. The minimum atomic E-state index is -0.0691. The molecule has 0 bridgehead atoms. The number of carbonyl (C=O) groups excluding carboxylic acids is 1. The quantitative estimate of drug-likeness (QED) is 0.795. The smallest absolute Gasteiger partial charge is 0.239 e. The fourth-order valence-corrected chi connectivity index (χ4v) is 4.02. The van der Waals surface area contributed by atoms with E-state index in [2.05, 4.69) is 44.3 Å². The average Bonchev–Trinajstić information content (AvgIpc) is 3.18. The molecule has 0 aliphatic carbocycles. The number of H-pyrrole nitrogens is 1. The first-order chi connectivity index (χ1) is 11.6. The highest BCUT2D eigenvalue weighted by Crippen LogP contribution is 2.43. The monoisotopic (exact) mass is 339 g/mol. The number of hydrogen-bond acceptors (Lipinski definition) is 5.